The number of aryl methyl sites for hydroxylation is 1. The van der Waals surface area contributed by atoms with Gasteiger partial charge in [0.1, 0.15) is 0 Å². The summed E-state index contributed by atoms with van der Waals surface area (Å²) in [5, 5.41) is 3.92. The molecule has 1 unspecified atom stereocenters. The van der Waals surface area contributed by atoms with Crippen molar-refractivity contribution in [3.8, 4) is 0 Å². The zero-order chi connectivity index (χ0) is 16.4. The van der Waals surface area contributed by atoms with E-state index >= 15 is 0 Å². The molecule has 1 atom stereocenters. The van der Waals surface area contributed by atoms with Crippen LogP contribution in [0.25, 0.3) is 0 Å². The van der Waals surface area contributed by atoms with E-state index in [9.17, 15) is 4.79 Å². The van der Waals surface area contributed by atoms with E-state index in [1.54, 1.807) is 0 Å². The summed E-state index contributed by atoms with van der Waals surface area (Å²) in [6, 6.07) is 8.50. The lowest BCUT2D eigenvalue weighted by Crippen LogP contribution is -2.24. The van der Waals surface area contributed by atoms with Gasteiger partial charge in [0, 0.05) is 25.9 Å². The van der Waals surface area contributed by atoms with Crippen LogP contribution < -0.4 is 0 Å². The Labute approximate surface area is 136 Å². The fourth-order valence-electron chi connectivity index (χ4n) is 2.90. The van der Waals surface area contributed by atoms with Gasteiger partial charge >= 0.3 is 0 Å². The molecule has 1 aliphatic heterocycles. The second-order valence-electron chi connectivity index (χ2n) is 6.47. The normalized spacial score (nSPS) is 18.2. The first-order valence-corrected chi connectivity index (χ1v) is 8.26. The van der Waals surface area contributed by atoms with Gasteiger partial charge in [-0.25, -0.2) is 0 Å². The maximum Gasteiger partial charge on any atom is 0.232 e. The van der Waals surface area contributed by atoms with E-state index in [2.05, 4.69) is 48.3 Å². The summed E-state index contributed by atoms with van der Waals surface area (Å²) in [6.45, 7) is 7.64. The standard InChI is InChI=1S/C18H23N3O2/c1-4-16-19-18(23-20-16)15-9-17(22)21(11-15)10-13-5-7-14(8-6-13)12(2)3/h5-8,12,15H,4,9-11H2,1-3H3. The minimum atomic E-state index is 0.0187. The van der Waals surface area contributed by atoms with Crippen LogP contribution in [0.15, 0.2) is 28.8 Å². The predicted octanol–water partition coefficient (Wildman–Crippen LogP) is 3.27. The number of aromatic nitrogens is 2. The molecule has 1 amide bonds. The van der Waals surface area contributed by atoms with Crippen LogP contribution in [0, 0.1) is 0 Å². The van der Waals surface area contributed by atoms with Gasteiger partial charge in [-0.2, -0.15) is 4.98 Å². The van der Waals surface area contributed by atoms with Crippen molar-refractivity contribution in [2.45, 2.75) is 52.0 Å². The lowest BCUT2D eigenvalue weighted by Gasteiger charge is -2.16. The van der Waals surface area contributed by atoms with Crippen LogP contribution in [-0.4, -0.2) is 27.5 Å². The summed E-state index contributed by atoms with van der Waals surface area (Å²) in [5.41, 5.74) is 2.47. The van der Waals surface area contributed by atoms with Gasteiger partial charge in [-0.05, 0) is 17.0 Å². The van der Waals surface area contributed by atoms with E-state index in [-0.39, 0.29) is 11.8 Å². The first-order chi connectivity index (χ1) is 11.1. The van der Waals surface area contributed by atoms with E-state index in [1.165, 1.54) is 5.56 Å². The van der Waals surface area contributed by atoms with Gasteiger partial charge in [0.05, 0.1) is 5.92 Å². The van der Waals surface area contributed by atoms with Gasteiger partial charge in [-0.1, -0.05) is 50.2 Å². The third-order valence-electron chi connectivity index (χ3n) is 4.38. The fourth-order valence-corrected chi connectivity index (χ4v) is 2.90. The highest BCUT2D eigenvalue weighted by molar-refractivity contribution is 5.79. The predicted molar refractivity (Wildman–Crippen MR) is 87.0 cm³/mol. The maximum atomic E-state index is 12.2. The van der Waals surface area contributed by atoms with Gasteiger partial charge in [-0.15, -0.1) is 0 Å². The van der Waals surface area contributed by atoms with E-state index in [0.717, 1.165) is 12.0 Å². The third kappa shape index (κ3) is 3.44. The van der Waals surface area contributed by atoms with Gasteiger partial charge in [0.2, 0.25) is 11.8 Å². The molecule has 2 heterocycles. The van der Waals surface area contributed by atoms with Crippen molar-refractivity contribution in [2.24, 2.45) is 0 Å². The average molecular weight is 313 g/mol. The molecule has 5 nitrogen and oxygen atoms in total. The Morgan fingerprint density at radius 2 is 2.04 bits per heavy atom. The molecule has 5 heteroatoms. The summed E-state index contributed by atoms with van der Waals surface area (Å²) >= 11 is 0. The quantitative estimate of drug-likeness (QED) is 0.850. The Kier molecular flexibility index (Phi) is 4.46. The Hall–Kier alpha value is -2.17. The first-order valence-electron chi connectivity index (χ1n) is 8.26. The molecular weight excluding hydrogens is 290 g/mol. The topological polar surface area (TPSA) is 59.2 Å². The van der Waals surface area contributed by atoms with Crippen LogP contribution in [0.3, 0.4) is 0 Å². The SMILES string of the molecule is CCc1noc(C2CC(=O)N(Cc3ccc(C(C)C)cc3)C2)n1. The van der Waals surface area contributed by atoms with Crippen LogP contribution in [0.1, 0.15) is 61.9 Å². The van der Waals surface area contributed by atoms with E-state index in [1.807, 2.05) is 11.8 Å². The molecular formula is C18H23N3O2. The molecule has 1 aliphatic rings. The number of amides is 1. The second kappa shape index (κ2) is 6.52. The molecule has 1 aromatic heterocycles. The van der Waals surface area contributed by atoms with Crippen LogP contribution in [0.2, 0.25) is 0 Å². The number of hydrogen-bond donors (Lipinski definition) is 0. The average Bonchev–Trinajstić information content (AvgIpc) is 3.15. The molecule has 0 radical (unpaired) electrons. The summed E-state index contributed by atoms with van der Waals surface area (Å²) in [7, 11) is 0. The zero-order valence-electron chi connectivity index (χ0n) is 14.0. The van der Waals surface area contributed by atoms with Gasteiger partial charge in [0.15, 0.2) is 5.82 Å². The number of hydrogen-bond acceptors (Lipinski definition) is 4. The number of likely N-dealkylation sites (tertiary alicyclic amines) is 1. The van der Waals surface area contributed by atoms with E-state index in [4.69, 9.17) is 4.52 Å². The molecule has 23 heavy (non-hydrogen) atoms. The number of carbonyl (C=O) groups excluding carboxylic acids is 1. The smallest absolute Gasteiger partial charge is 0.232 e. The Balaban J connectivity index is 1.65. The minimum Gasteiger partial charge on any atom is -0.339 e. The first kappa shape index (κ1) is 15.7. The Bertz CT molecular complexity index is 676. The second-order valence-corrected chi connectivity index (χ2v) is 6.47. The third-order valence-corrected chi connectivity index (χ3v) is 4.38. The monoisotopic (exact) mass is 313 g/mol. The minimum absolute atomic E-state index is 0.0187. The molecule has 0 N–H and O–H groups in total. The molecule has 0 bridgehead atoms. The number of rotatable bonds is 5. The lowest BCUT2D eigenvalue weighted by atomic mass is 10.0. The van der Waals surface area contributed by atoms with Crippen molar-refractivity contribution in [1.82, 2.24) is 15.0 Å². The summed E-state index contributed by atoms with van der Waals surface area (Å²) in [4.78, 5) is 18.5. The van der Waals surface area contributed by atoms with E-state index in [0.29, 0.717) is 37.1 Å². The molecule has 0 aliphatic carbocycles. The van der Waals surface area contributed by atoms with Crippen molar-refractivity contribution in [1.29, 1.82) is 0 Å². The molecule has 0 spiro atoms. The van der Waals surface area contributed by atoms with Crippen LogP contribution in [0.4, 0.5) is 0 Å². The number of nitrogens with zero attached hydrogens (tertiary/aromatic N) is 3. The molecule has 122 valence electrons. The molecule has 3 rings (SSSR count). The van der Waals surface area contributed by atoms with Crippen molar-refractivity contribution >= 4 is 5.91 Å². The summed E-state index contributed by atoms with van der Waals surface area (Å²) < 4.78 is 5.29. The maximum absolute atomic E-state index is 12.2. The largest absolute Gasteiger partial charge is 0.339 e. The lowest BCUT2D eigenvalue weighted by molar-refractivity contribution is -0.128. The molecule has 2 aromatic rings. The highest BCUT2D eigenvalue weighted by Crippen LogP contribution is 2.28. The fraction of sp³-hybridized carbons (Fsp3) is 0.500. The highest BCUT2D eigenvalue weighted by atomic mass is 16.5. The van der Waals surface area contributed by atoms with Gasteiger partial charge in [0.25, 0.3) is 0 Å². The van der Waals surface area contributed by atoms with Crippen molar-refractivity contribution in [3.05, 3.63) is 47.1 Å². The Morgan fingerprint density at radius 1 is 1.30 bits per heavy atom. The summed E-state index contributed by atoms with van der Waals surface area (Å²) in [6.07, 6.45) is 1.20. The van der Waals surface area contributed by atoms with Crippen LogP contribution in [-0.2, 0) is 17.8 Å². The number of carbonyl (C=O) groups is 1. The van der Waals surface area contributed by atoms with Crippen molar-refractivity contribution in [2.75, 3.05) is 6.54 Å². The van der Waals surface area contributed by atoms with E-state index < -0.39 is 0 Å². The van der Waals surface area contributed by atoms with Gasteiger partial charge < -0.3 is 9.42 Å². The van der Waals surface area contributed by atoms with Crippen molar-refractivity contribution in [3.63, 3.8) is 0 Å². The van der Waals surface area contributed by atoms with Gasteiger partial charge in [-0.3, -0.25) is 4.79 Å². The van der Waals surface area contributed by atoms with Crippen LogP contribution >= 0.6 is 0 Å². The Morgan fingerprint density at radius 3 is 2.65 bits per heavy atom. The van der Waals surface area contributed by atoms with Crippen LogP contribution in [0.5, 0.6) is 0 Å². The molecule has 0 saturated carbocycles. The molecule has 1 aromatic carbocycles. The molecule has 1 saturated heterocycles. The molecule has 1 fully saturated rings. The number of benzene rings is 1. The van der Waals surface area contributed by atoms with Crippen molar-refractivity contribution < 1.29 is 9.32 Å². The highest BCUT2D eigenvalue weighted by Gasteiger charge is 2.34. The zero-order valence-corrected chi connectivity index (χ0v) is 14.0. The summed E-state index contributed by atoms with van der Waals surface area (Å²) in [5.74, 6) is 1.99.